The van der Waals surface area contributed by atoms with Crippen molar-refractivity contribution in [3.05, 3.63) is 126 Å². The number of benzene rings is 2. The topological polar surface area (TPSA) is 84.6 Å². The number of nitrogens with zero attached hydrogens (tertiary/aromatic N) is 6. The third-order valence-corrected chi connectivity index (χ3v) is 9.20. The third-order valence-electron chi connectivity index (χ3n) is 9.20. The van der Waals surface area contributed by atoms with Gasteiger partial charge in [-0.3, -0.25) is 0 Å². The van der Waals surface area contributed by atoms with Crippen LogP contribution >= 0.6 is 0 Å². The molecule has 226 valence electrons. The Morgan fingerprint density at radius 3 is 1.47 bits per heavy atom. The number of allylic oxidation sites excluding steroid dienone is 4. The Balaban J connectivity index is 0.000000113. The van der Waals surface area contributed by atoms with Gasteiger partial charge in [0.1, 0.15) is 0 Å². The molecule has 6 heterocycles. The van der Waals surface area contributed by atoms with E-state index in [1.165, 1.54) is 32.1 Å². The van der Waals surface area contributed by atoms with Gasteiger partial charge in [0.05, 0.1) is 0 Å². The van der Waals surface area contributed by atoms with Crippen molar-refractivity contribution in [2.75, 3.05) is 19.6 Å². The zero-order chi connectivity index (χ0) is 28.1. The molecule has 1 aliphatic carbocycles. The number of hydrogen-bond acceptors (Lipinski definition) is 0. The SMILES string of the molecule is C1=C[N-]c2c3c(ccc2=C1)=CC=C[N-]3.C1=C[N-]c2c3c(ccc2=C1)=CC=C[N-]3.C1C[N-]C2C(C1)CCC1CC[N-]CC12.[Ni]. The molecule has 6 nitrogen and oxygen atoms in total. The maximum atomic E-state index is 4.88. The molecule has 0 N–H and O–H groups in total. The van der Waals surface area contributed by atoms with Gasteiger partial charge in [-0.15, -0.1) is 48.4 Å². The largest absolute Gasteiger partial charge is 0.665 e. The van der Waals surface area contributed by atoms with Crippen LogP contribution in [-0.2, 0) is 16.5 Å². The fraction of sp³-hybridized carbons (Fsp3) is 0.333. The van der Waals surface area contributed by atoms with Crippen molar-refractivity contribution in [3.8, 4) is 0 Å². The number of piperidine rings is 2. The normalized spacial score (nSPS) is 25.7. The Hall–Kier alpha value is -3.51. The van der Waals surface area contributed by atoms with Gasteiger partial charge < -0.3 is 31.9 Å². The smallest absolute Gasteiger partial charge is 0 e. The first-order chi connectivity index (χ1) is 20.8. The minimum absolute atomic E-state index is 0. The Morgan fingerprint density at radius 1 is 0.512 bits per heavy atom. The summed E-state index contributed by atoms with van der Waals surface area (Å²) in [6, 6.07) is 9.00. The summed E-state index contributed by atoms with van der Waals surface area (Å²) in [4.78, 5) is 0. The molecule has 2 aromatic rings. The second-order valence-corrected chi connectivity index (χ2v) is 11.7. The maximum absolute atomic E-state index is 4.88. The van der Waals surface area contributed by atoms with Gasteiger partial charge in [-0.2, -0.15) is 24.8 Å². The Labute approximate surface area is 264 Å². The molecule has 2 aromatic carbocycles. The van der Waals surface area contributed by atoms with Crippen molar-refractivity contribution in [3.63, 3.8) is 0 Å². The summed E-state index contributed by atoms with van der Waals surface area (Å²) >= 11 is 0. The number of hydrogen-bond donors (Lipinski definition) is 0. The van der Waals surface area contributed by atoms with Crippen LogP contribution in [-0.4, -0.2) is 25.7 Å². The van der Waals surface area contributed by atoms with Gasteiger partial charge in [-0.25, -0.2) is 0 Å². The second-order valence-electron chi connectivity index (χ2n) is 11.7. The van der Waals surface area contributed by atoms with E-state index in [0.29, 0.717) is 6.04 Å². The van der Waals surface area contributed by atoms with Gasteiger partial charge >= 0.3 is 0 Å². The van der Waals surface area contributed by atoms with Crippen LogP contribution in [0.3, 0.4) is 0 Å². The molecular formula is C36H36N6Ni-6. The fourth-order valence-corrected chi connectivity index (χ4v) is 7.11. The number of rotatable bonds is 0. The first-order valence-electron chi connectivity index (χ1n) is 15.3. The summed E-state index contributed by atoms with van der Waals surface area (Å²) in [5.74, 6) is 2.73. The van der Waals surface area contributed by atoms with Gasteiger partial charge in [0.25, 0.3) is 0 Å². The maximum Gasteiger partial charge on any atom is 0 e. The Morgan fingerprint density at radius 2 is 0.977 bits per heavy atom. The molecule has 3 fully saturated rings. The molecule has 43 heavy (non-hydrogen) atoms. The predicted molar refractivity (Wildman–Crippen MR) is 177 cm³/mol. The minimum Gasteiger partial charge on any atom is -0.665 e. The van der Waals surface area contributed by atoms with Crippen molar-refractivity contribution in [2.45, 2.75) is 38.1 Å². The minimum atomic E-state index is 0. The first-order valence-corrected chi connectivity index (χ1v) is 15.3. The molecule has 9 rings (SSSR count). The van der Waals surface area contributed by atoms with Gasteiger partial charge in [-0.05, 0) is 26.8 Å². The Bertz CT molecular complexity index is 1460. The fourth-order valence-electron chi connectivity index (χ4n) is 7.11. The van der Waals surface area contributed by atoms with Gasteiger partial charge in [0.2, 0.25) is 0 Å². The van der Waals surface area contributed by atoms with Crippen molar-refractivity contribution >= 4 is 47.1 Å². The molecular weight excluding hydrogens is 575 g/mol. The van der Waals surface area contributed by atoms with Gasteiger partial charge in [0.15, 0.2) is 0 Å². The van der Waals surface area contributed by atoms with Crippen LogP contribution in [0.4, 0.5) is 22.7 Å². The standard InChI is InChI=1S/2C12H8N2.C12H20N2.Ni/c2*1-3-9-5-6-10-4-2-8-14-12(10)11(9)13-7-1;1-2-10-4-3-9-5-7-13-8-11(9)12(10)14-6-1;/h2*1-8H;9-12H,1-8H2;/q3*-2;. The summed E-state index contributed by atoms with van der Waals surface area (Å²) in [5.41, 5.74) is 3.91. The van der Waals surface area contributed by atoms with E-state index in [9.17, 15) is 0 Å². The van der Waals surface area contributed by atoms with Crippen molar-refractivity contribution in [1.29, 1.82) is 0 Å². The summed E-state index contributed by atoms with van der Waals surface area (Å²) in [6.07, 6.45) is 30.2. The van der Waals surface area contributed by atoms with E-state index in [1.807, 2.05) is 24.3 Å². The predicted octanol–water partition coefficient (Wildman–Crippen LogP) is 7.57. The molecule has 1 saturated carbocycles. The summed E-state index contributed by atoms with van der Waals surface area (Å²) in [6.45, 7) is 3.37. The molecule has 4 atom stereocenters. The molecule has 0 spiro atoms. The zero-order valence-corrected chi connectivity index (χ0v) is 25.2. The van der Waals surface area contributed by atoms with E-state index in [2.05, 4.69) is 75.2 Å². The van der Waals surface area contributed by atoms with E-state index in [1.54, 1.807) is 24.8 Å². The monoisotopic (exact) mass is 610 g/mol. The van der Waals surface area contributed by atoms with Crippen LogP contribution in [0, 0.1) is 17.8 Å². The molecule has 6 aliphatic heterocycles. The van der Waals surface area contributed by atoms with Crippen LogP contribution in [0.5, 0.6) is 0 Å². The van der Waals surface area contributed by atoms with Crippen LogP contribution in [0.25, 0.3) is 56.2 Å². The van der Waals surface area contributed by atoms with Crippen molar-refractivity contribution < 1.29 is 16.5 Å². The van der Waals surface area contributed by atoms with E-state index in [0.717, 1.165) is 81.0 Å². The first kappa shape index (κ1) is 29.6. The molecule has 4 unspecified atom stereocenters. The van der Waals surface area contributed by atoms with E-state index in [-0.39, 0.29) is 16.5 Å². The molecule has 0 bridgehead atoms. The quantitative estimate of drug-likeness (QED) is 0.276. The van der Waals surface area contributed by atoms with Crippen LogP contribution in [0.2, 0.25) is 0 Å². The van der Waals surface area contributed by atoms with E-state index < -0.39 is 0 Å². The van der Waals surface area contributed by atoms with Crippen LogP contribution in [0.1, 0.15) is 32.1 Å². The second kappa shape index (κ2) is 13.9. The number of fused-ring (bicyclic) bond motifs is 9. The molecule has 0 amide bonds. The summed E-state index contributed by atoms with van der Waals surface area (Å²) in [5, 5.41) is 31.4. The van der Waals surface area contributed by atoms with Crippen LogP contribution in [0.15, 0.2) is 73.4 Å². The molecule has 0 radical (unpaired) electrons. The molecule has 0 aromatic heterocycles. The van der Waals surface area contributed by atoms with Gasteiger partial charge in [-0.1, -0.05) is 117 Å². The van der Waals surface area contributed by atoms with Crippen molar-refractivity contribution in [2.24, 2.45) is 17.8 Å². The van der Waals surface area contributed by atoms with E-state index >= 15 is 0 Å². The zero-order valence-electron chi connectivity index (χ0n) is 24.2. The average molecular weight is 611 g/mol. The van der Waals surface area contributed by atoms with E-state index in [4.69, 9.17) is 5.32 Å². The summed E-state index contributed by atoms with van der Waals surface area (Å²) < 4.78 is 0. The van der Waals surface area contributed by atoms with Crippen LogP contribution < -0.4 is 20.9 Å². The Kier molecular flexibility index (Phi) is 9.53. The third kappa shape index (κ3) is 6.40. The molecule has 7 heteroatoms. The summed E-state index contributed by atoms with van der Waals surface area (Å²) in [7, 11) is 0. The average Bonchev–Trinajstić information content (AvgIpc) is 3.09. The van der Waals surface area contributed by atoms with Crippen molar-refractivity contribution in [1.82, 2.24) is 0 Å². The molecule has 2 saturated heterocycles. The van der Waals surface area contributed by atoms with Gasteiger partial charge in [0, 0.05) is 16.5 Å². The molecule has 7 aliphatic rings.